The predicted octanol–water partition coefficient (Wildman–Crippen LogP) is 2.31. The molecule has 0 atom stereocenters. The Morgan fingerprint density at radius 2 is 1.79 bits per heavy atom. The van der Waals surface area contributed by atoms with Crippen molar-refractivity contribution in [2.45, 2.75) is 0 Å². The van der Waals surface area contributed by atoms with E-state index in [9.17, 15) is 14.9 Å². The van der Waals surface area contributed by atoms with Crippen molar-refractivity contribution in [2.24, 2.45) is 0 Å². The van der Waals surface area contributed by atoms with Crippen LogP contribution in [0, 0.1) is 10.1 Å². The van der Waals surface area contributed by atoms with Crippen LogP contribution in [0.25, 0.3) is 0 Å². The van der Waals surface area contributed by atoms with Crippen LogP contribution >= 0.6 is 0 Å². The SMILES string of the molecule is O=C(Oc1ccc([N+](=O)[O-])cc1)N1CCN(c2ccccn2)CC1. The summed E-state index contributed by atoms with van der Waals surface area (Å²) in [5.41, 5.74) is -0.0428. The van der Waals surface area contributed by atoms with Crippen molar-refractivity contribution in [2.75, 3.05) is 31.1 Å². The van der Waals surface area contributed by atoms with E-state index < -0.39 is 11.0 Å². The second-order valence-electron chi connectivity index (χ2n) is 5.28. The monoisotopic (exact) mass is 328 g/mol. The molecule has 0 radical (unpaired) electrons. The van der Waals surface area contributed by atoms with E-state index in [4.69, 9.17) is 4.74 Å². The van der Waals surface area contributed by atoms with Crippen LogP contribution in [0.2, 0.25) is 0 Å². The molecule has 0 aliphatic carbocycles. The Hall–Kier alpha value is -3.16. The van der Waals surface area contributed by atoms with Gasteiger partial charge in [-0.25, -0.2) is 9.78 Å². The first-order chi connectivity index (χ1) is 11.6. The highest BCUT2D eigenvalue weighted by atomic mass is 16.6. The molecule has 3 rings (SSSR count). The molecule has 1 aliphatic heterocycles. The summed E-state index contributed by atoms with van der Waals surface area (Å²) < 4.78 is 5.26. The van der Waals surface area contributed by atoms with Gasteiger partial charge in [-0.2, -0.15) is 0 Å². The molecule has 1 aromatic heterocycles. The summed E-state index contributed by atoms with van der Waals surface area (Å²) in [4.78, 5) is 30.3. The number of hydrogen-bond acceptors (Lipinski definition) is 6. The normalized spacial score (nSPS) is 14.3. The maximum atomic E-state index is 12.2. The Bertz CT molecular complexity index is 713. The van der Waals surface area contributed by atoms with Gasteiger partial charge in [0.2, 0.25) is 0 Å². The van der Waals surface area contributed by atoms with Gasteiger partial charge >= 0.3 is 6.09 Å². The van der Waals surface area contributed by atoms with Gasteiger partial charge < -0.3 is 14.5 Å². The maximum absolute atomic E-state index is 12.2. The smallest absolute Gasteiger partial charge is 0.410 e. The van der Waals surface area contributed by atoms with Gasteiger partial charge in [-0.05, 0) is 24.3 Å². The van der Waals surface area contributed by atoms with Gasteiger partial charge in [-0.1, -0.05) is 6.07 Å². The molecule has 1 fully saturated rings. The molecule has 2 aromatic rings. The zero-order chi connectivity index (χ0) is 16.9. The Kier molecular flexibility index (Phi) is 4.55. The Morgan fingerprint density at radius 3 is 2.38 bits per heavy atom. The number of benzene rings is 1. The summed E-state index contributed by atoms with van der Waals surface area (Å²) in [5.74, 6) is 1.18. The summed E-state index contributed by atoms with van der Waals surface area (Å²) in [6, 6.07) is 11.2. The molecule has 8 nitrogen and oxygen atoms in total. The molecule has 0 bridgehead atoms. The number of anilines is 1. The first-order valence-corrected chi connectivity index (χ1v) is 7.51. The standard InChI is InChI=1S/C16H16N4O4/c21-16(24-14-6-4-13(5-7-14)20(22)23)19-11-9-18(10-12-19)15-3-1-2-8-17-15/h1-8H,9-12H2. The largest absolute Gasteiger partial charge is 0.415 e. The second-order valence-corrected chi connectivity index (χ2v) is 5.28. The van der Waals surface area contributed by atoms with Gasteiger partial charge in [0.1, 0.15) is 11.6 Å². The van der Waals surface area contributed by atoms with Crippen LogP contribution in [0.3, 0.4) is 0 Å². The molecule has 1 aromatic carbocycles. The number of carbonyl (C=O) groups excluding carboxylic acids is 1. The van der Waals surface area contributed by atoms with Crippen molar-refractivity contribution in [3.05, 3.63) is 58.8 Å². The number of aromatic nitrogens is 1. The molecular formula is C16H16N4O4. The minimum absolute atomic E-state index is 0.0428. The van der Waals surface area contributed by atoms with E-state index in [-0.39, 0.29) is 11.4 Å². The van der Waals surface area contributed by atoms with Crippen molar-refractivity contribution in [1.29, 1.82) is 0 Å². The number of pyridine rings is 1. The molecule has 0 spiro atoms. The average Bonchev–Trinajstić information content (AvgIpc) is 2.63. The number of ether oxygens (including phenoxy) is 1. The van der Waals surface area contributed by atoms with Gasteiger partial charge in [0.15, 0.2) is 0 Å². The molecule has 1 aliphatic rings. The first-order valence-electron chi connectivity index (χ1n) is 7.51. The van der Waals surface area contributed by atoms with Crippen LogP contribution in [0.15, 0.2) is 48.7 Å². The van der Waals surface area contributed by atoms with Crippen LogP contribution in [-0.4, -0.2) is 47.1 Å². The molecule has 0 saturated carbocycles. The van der Waals surface area contributed by atoms with E-state index in [0.29, 0.717) is 26.2 Å². The quantitative estimate of drug-likeness (QED) is 0.634. The minimum Gasteiger partial charge on any atom is -0.410 e. The van der Waals surface area contributed by atoms with E-state index in [1.165, 1.54) is 24.3 Å². The summed E-state index contributed by atoms with van der Waals surface area (Å²) in [5, 5.41) is 10.6. The summed E-state index contributed by atoms with van der Waals surface area (Å²) in [6.45, 7) is 2.41. The van der Waals surface area contributed by atoms with E-state index in [2.05, 4.69) is 9.88 Å². The second kappa shape index (κ2) is 6.95. The molecule has 24 heavy (non-hydrogen) atoms. The van der Waals surface area contributed by atoms with Crippen molar-refractivity contribution in [1.82, 2.24) is 9.88 Å². The van der Waals surface area contributed by atoms with Crippen molar-refractivity contribution in [3.8, 4) is 5.75 Å². The lowest BCUT2D eigenvalue weighted by Gasteiger charge is -2.34. The lowest BCUT2D eigenvalue weighted by atomic mass is 10.3. The fraction of sp³-hybridized carbons (Fsp3) is 0.250. The number of hydrogen-bond donors (Lipinski definition) is 0. The maximum Gasteiger partial charge on any atom is 0.415 e. The molecular weight excluding hydrogens is 312 g/mol. The lowest BCUT2D eigenvalue weighted by Crippen LogP contribution is -2.49. The Labute approximate surface area is 138 Å². The van der Waals surface area contributed by atoms with Crippen LogP contribution in [0.5, 0.6) is 5.75 Å². The van der Waals surface area contributed by atoms with Gasteiger partial charge in [0, 0.05) is 44.5 Å². The van der Waals surface area contributed by atoms with Crippen LogP contribution < -0.4 is 9.64 Å². The summed E-state index contributed by atoms with van der Waals surface area (Å²) in [6.07, 6.45) is 1.29. The number of amides is 1. The average molecular weight is 328 g/mol. The van der Waals surface area contributed by atoms with Gasteiger partial charge in [-0.15, -0.1) is 0 Å². The van der Waals surface area contributed by atoms with Gasteiger partial charge in [0.25, 0.3) is 5.69 Å². The molecule has 1 amide bonds. The highest BCUT2D eigenvalue weighted by molar-refractivity contribution is 5.71. The molecule has 1 saturated heterocycles. The summed E-state index contributed by atoms with van der Waals surface area (Å²) in [7, 11) is 0. The van der Waals surface area contributed by atoms with Crippen molar-refractivity contribution >= 4 is 17.6 Å². The number of nitro groups is 1. The third-order valence-electron chi connectivity index (χ3n) is 3.76. The third kappa shape index (κ3) is 3.60. The predicted molar refractivity (Wildman–Crippen MR) is 87.1 cm³/mol. The highest BCUT2D eigenvalue weighted by Gasteiger charge is 2.23. The fourth-order valence-corrected chi connectivity index (χ4v) is 2.46. The lowest BCUT2D eigenvalue weighted by molar-refractivity contribution is -0.384. The topological polar surface area (TPSA) is 88.8 Å². The minimum atomic E-state index is -0.498. The number of non-ortho nitro benzene ring substituents is 1. The Morgan fingerprint density at radius 1 is 1.08 bits per heavy atom. The van der Waals surface area contributed by atoms with Crippen molar-refractivity contribution in [3.63, 3.8) is 0 Å². The molecule has 124 valence electrons. The van der Waals surface area contributed by atoms with E-state index in [0.717, 1.165) is 5.82 Å². The fourth-order valence-electron chi connectivity index (χ4n) is 2.46. The number of nitrogens with zero attached hydrogens (tertiary/aromatic N) is 4. The molecule has 0 unspecified atom stereocenters. The molecule has 8 heteroatoms. The van der Waals surface area contributed by atoms with Gasteiger partial charge in [0.05, 0.1) is 4.92 Å². The zero-order valence-electron chi connectivity index (χ0n) is 12.9. The van der Waals surface area contributed by atoms with Crippen LogP contribution in [0.4, 0.5) is 16.3 Å². The van der Waals surface area contributed by atoms with E-state index >= 15 is 0 Å². The number of nitro benzene ring substituents is 1. The number of piperazine rings is 1. The van der Waals surface area contributed by atoms with Gasteiger partial charge in [-0.3, -0.25) is 10.1 Å². The molecule has 0 N–H and O–H groups in total. The molecule has 2 heterocycles. The van der Waals surface area contributed by atoms with Crippen LogP contribution in [0.1, 0.15) is 0 Å². The van der Waals surface area contributed by atoms with Crippen LogP contribution in [-0.2, 0) is 0 Å². The number of rotatable bonds is 3. The zero-order valence-corrected chi connectivity index (χ0v) is 12.9. The highest BCUT2D eigenvalue weighted by Crippen LogP contribution is 2.19. The van der Waals surface area contributed by atoms with E-state index in [1.54, 1.807) is 11.1 Å². The summed E-state index contributed by atoms with van der Waals surface area (Å²) >= 11 is 0. The van der Waals surface area contributed by atoms with E-state index in [1.807, 2.05) is 18.2 Å². The first kappa shape index (κ1) is 15.7. The Balaban J connectivity index is 1.54. The third-order valence-corrected chi connectivity index (χ3v) is 3.76. The van der Waals surface area contributed by atoms with Crippen molar-refractivity contribution < 1.29 is 14.5 Å². The number of carbonyl (C=O) groups is 1.